The van der Waals surface area contributed by atoms with E-state index in [2.05, 4.69) is 16.6 Å². The number of carbonyl (C=O) groups is 4. The van der Waals surface area contributed by atoms with Crippen LogP contribution < -0.4 is 14.2 Å². The molecule has 2 aromatic rings. The predicted molar refractivity (Wildman–Crippen MR) is 208 cm³/mol. The molecule has 1 aromatic heterocycles. The molecular weight excluding hydrogens is 742 g/mol. The van der Waals surface area contributed by atoms with Gasteiger partial charge in [0.05, 0.1) is 42.2 Å². The van der Waals surface area contributed by atoms with E-state index in [4.69, 9.17) is 14.2 Å². The molecule has 2 amide bonds. The zero-order chi connectivity index (χ0) is 40.8. The zero-order valence-corrected chi connectivity index (χ0v) is 34.4. The number of amides is 2. The monoisotopic (exact) mass is 797 g/mol. The van der Waals surface area contributed by atoms with Gasteiger partial charge in [0, 0.05) is 24.4 Å². The van der Waals surface area contributed by atoms with Crippen molar-refractivity contribution in [3.05, 3.63) is 42.4 Å². The van der Waals surface area contributed by atoms with Crippen LogP contribution in [-0.2, 0) is 33.9 Å². The number of carbonyl (C=O) groups excluding carboxylic acids is 4. The quantitative estimate of drug-likeness (QED) is 0.221. The molecule has 12 nitrogen and oxygen atoms in total. The minimum atomic E-state index is -3.98. The van der Waals surface area contributed by atoms with Gasteiger partial charge in [0.25, 0.3) is 0 Å². The van der Waals surface area contributed by atoms with Crippen molar-refractivity contribution in [2.45, 2.75) is 128 Å². The number of Topliss-reactive ketones (excluding diaryl/α,β-unsaturated/α-hetero) is 1. The molecule has 3 heterocycles. The van der Waals surface area contributed by atoms with E-state index in [9.17, 15) is 32.0 Å². The third-order valence-electron chi connectivity index (χ3n) is 12.2. The smallest absolute Gasteiger partial charge is 0.307 e. The summed E-state index contributed by atoms with van der Waals surface area (Å²) in [6.07, 6.45) is 8.21. The van der Waals surface area contributed by atoms with E-state index in [0.29, 0.717) is 42.9 Å². The predicted octanol–water partition coefficient (Wildman–Crippen LogP) is 6.45. The number of hydrogen-bond donors (Lipinski definition) is 1. The largest absolute Gasteiger partial charge is 0.494 e. The number of benzene rings is 1. The first kappa shape index (κ1) is 41.6. The molecule has 2 aliphatic carbocycles. The number of aromatic nitrogens is 1. The number of esters is 1. The zero-order valence-electron chi connectivity index (χ0n) is 33.6. The van der Waals surface area contributed by atoms with Crippen LogP contribution in [0.2, 0.25) is 0 Å². The number of fused-ring (bicyclic) bond motifs is 3. The van der Waals surface area contributed by atoms with Crippen molar-refractivity contribution in [2.75, 3.05) is 13.7 Å². The summed E-state index contributed by atoms with van der Waals surface area (Å²) in [5.41, 5.74) is -2.08. The first-order valence-electron chi connectivity index (χ1n) is 19.9. The molecule has 0 bridgehead atoms. The van der Waals surface area contributed by atoms with Gasteiger partial charge < -0.3 is 19.1 Å². The van der Waals surface area contributed by atoms with Gasteiger partial charge in [-0.1, -0.05) is 32.4 Å². The number of ether oxygens (including phenoxy) is 3. The minimum Gasteiger partial charge on any atom is -0.494 e. The lowest BCUT2D eigenvalue weighted by Crippen LogP contribution is -2.48. The van der Waals surface area contributed by atoms with Crippen LogP contribution in [0.15, 0.2) is 36.5 Å². The number of nitrogens with one attached hydrogen (secondary N) is 1. The molecule has 6 rings (SSSR count). The Morgan fingerprint density at radius 3 is 2.54 bits per heavy atom. The summed E-state index contributed by atoms with van der Waals surface area (Å²) in [7, 11) is -2.61. The highest BCUT2D eigenvalue weighted by molar-refractivity contribution is 7.91. The number of rotatable bonds is 9. The molecule has 0 radical (unpaired) electrons. The maximum atomic E-state index is 15.0. The van der Waals surface area contributed by atoms with Crippen LogP contribution in [0.3, 0.4) is 0 Å². The molecule has 1 saturated heterocycles. The van der Waals surface area contributed by atoms with Gasteiger partial charge in [-0.05, 0) is 108 Å². The van der Waals surface area contributed by atoms with Crippen molar-refractivity contribution in [3.63, 3.8) is 0 Å². The third kappa shape index (κ3) is 8.74. The molecule has 2 saturated carbocycles. The molecule has 0 spiro atoms. The highest BCUT2D eigenvalue weighted by Crippen LogP contribution is 2.58. The summed E-state index contributed by atoms with van der Waals surface area (Å²) in [5, 5.41) is 0.992. The van der Waals surface area contributed by atoms with Crippen LogP contribution in [0.25, 0.3) is 10.8 Å². The third-order valence-corrected chi connectivity index (χ3v) is 14.4. The van der Waals surface area contributed by atoms with Crippen LogP contribution in [0.1, 0.15) is 106 Å². The van der Waals surface area contributed by atoms with Gasteiger partial charge in [0.2, 0.25) is 27.7 Å². The highest BCUT2D eigenvalue weighted by Gasteiger charge is 2.62. The number of ketones is 1. The first-order chi connectivity index (χ1) is 26.3. The fourth-order valence-electron chi connectivity index (χ4n) is 8.46. The maximum Gasteiger partial charge on any atom is 0.307 e. The molecule has 4 aliphatic rings. The van der Waals surface area contributed by atoms with Gasteiger partial charge in [0.1, 0.15) is 11.7 Å². The van der Waals surface area contributed by atoms with Crippen molar-refractivity contribution < 1.29 is 46.2 Å². The highest BCUT2D eigenvalue weighted by atomic mass is 32.2. The number of hydrogen-bond acceptors (Lipinski definition) is 10. The van der Waals surface area contributed by atoms with Gasteiger partial charge in [-0.3, -0.25) is 23.9 Å². The Hall–Kier alpha value is -4.07. The fourth-order valence-corrected chi connectivity index (χ4v) is 9.79. The SMILES string of the molecule is CC[C@@H]1C[C@@H](C)CC/C=C\[C@@H]2C[C@@]2(C(=O)NS(=O)(=O)C2(C)CC2)CC(=O)[C@@H]2C[C@@H](Oc3nccc4cc(OC)c(F)cc34)CN2C(=O)[C@H]1CC(=O)OC(C)(C)C. The number of pyridine rings is 1. The Morgan fingerprint density at radius 2 is 1.88 bits per heavy atom. The van der Waals surface area contributed by atoms with Gasteiger partial charge in [-0.25, -0.2) is 17.8 Å². The lowest BCUT2D eigenvalue weighted by Gasteiger charge is -2.33. The van der Waals surface area contributed by atoms with Gasteiger partial charge in [-0.15, -0.1) is 0 Å². The van der Waals surface area contributed by atoms with Gasteiger partial charge in [-0.2, -0.15) is 0 Å². The van der Waals surface area contributed by atoms with E-state index in [1.165, 1.54) is 30.3 Å². The van der Waals surface area contributed by atoms with Crippen molar-refractivity contribution >= 4 is 44.4 Å². The van der Waals surface area contributed by atoms with E-state index in [0.717, 1.165) is 6.42 Å². The van der Waals surface area contributed by atoms with E-state index in [1.807, 2.05) is 19.1 Å². The van der Waals surface area contributed by atoms with Crippen LogP contribution in [0.4, 0.5) is 4.39 Å². The van der Waals surface area contributed by atoms with Crippen LogP contribution in [0, 0.1) is 34.9 Å². The van der Waals surface area contributed by atoms with E-state index < -0.39 is 67.3 Å². The molecule has 56 heavy (non-hydrogen) atoms. The van der Waals surface area contributed by atoms with Crippen molar-refractivity contribution in [3.8, 4) is 11.6 Å². The average molecular weight is 798 g/mol. The number of halogens is 1. The maximum absolute atomic E-state index is 15.0. The normalized spacial score (nSPS) is 30.0. The standard InChI is InChI=1S/C42H56FN3O9S/c1-8-26-17-25(2)11-9-10-12-28-22-42(28,39(50)45-56(51,52)41(6)14-15-41)23-34(47)33-19-29(24-46(33)38(49)31(26)21-36(48)55-40(3,4)5)54-37-30-20-32(43)35(53-7)18-27(30)13-16-44-37/h10,12-13,16,18,20,25-26,28-29,31,33H,8-9,11,14-15,17,19,21-24H2,1-7H3,(H,45,50)/b12-10-/t25-,26+,28+,29+,31-,33-,42+/m0/s1. The molecule has 306 valence electrons. The van der Waals surface area contributed by atoms with Crippen molar-refractivity contribution in [1.29, 1.82) is 0 Å². The van der Waals surface area contributed by atoms with E-state index in [1.54, 1.807) is 33.8 Å². The second-order valence-electron chi connectivity index (χ2n) is 17.7. The van der Waals surface area contributed by atoms with Crippen LogP contribution in [0.5, 0.6) is 11.6 Å². The summed E-state index contributed by atoms with van der Waals surface area (Å²) in [5.74, 6) is -3.64. The number of allylic oxidation sites excluding steroid dienone is 2. The Balaban J connectivity index is 1.37. The van der Waals surface area contributed by atoms with Gasteiger partial charge in [0.15, 0.2) is 17.3 Å². The second kappa shape index (κ2) is 15.7. The Morgan fingerprint density at radius 1 is 1.14 bits per heavy atom. The topological polar surface area (TPSA) is 158 Å². The molecule has 7 atom stereocenters. The van der Waals surface area contributed by atoms with Crippen molar-refractivity contribution in [1.82, 2.24) is 14.6 Å². The second-order valence-corrected chi connectivity index (χ2v) is 19.9. The summed E-state index contributed by atoms with van der Waals surface area (Å²) in [6.45, 7) is 11.0. The molecule has 0 unspecified atom stereocenters. The Labute approximate surface area is 329 Å². The number of sulfonamides is 1. The average Bonchev–Trinajstić information content (AvgIpc) is 4.00. The minimum absolute atomic E-state index is 0.0297. The van der Waals surface area contributed by atoms with E-state index >= 15 is 0 Å². The number of methoxy groups -OCH3 is 1. The fraction of sp³-hybridized carbons (Fsp3) is 0.643. The summed E-state index contributed by atoms with van der Waals surface area (Å²) in [6, 6.07) is 3.45. The molecule has 1 aromatic carbocycles. The molecule has 3 fully saturated rings. The molecule has 14 heteroatoms. The summed E-state index contributed by atoms with van der Waals surface area (Å²) in [4.78, 5) is 62.9. The summed E-state index contributed by atoms with van der Waals surface area (Å²) < 4.78 is 59.9. The van der Waals surface area contributed by atoms with E-state index in [-0.39, 0.29) is 67.5 Å². The number of nitrogens with zero attached hydrogens (tertiary/aromatic N) is 2. The Bertz CT molecular complexity index is 2010. The molecule has 1 N–H and O–H groups in total. The van der Waals surface area contributed by atoms with Crippen LogP contribution in [-0.4, -0.2) is 78.0 Å². The molecular formula is C42H56FN3O9S. The lowest BCUT2D eigenvalue weighted by molar-refractivity contribution is -0.160. The molecule has 2 aliphatic heterocycles. The first-order valence-corrected chi connectivity index (χ1v) is 21.4. The van der Waals surface area contributed by atoms with Crippen molar-refractivity contribution in [2.24, 2.45) is 29.1 Å². The Kier molecular flexibility index (Phi) is 11.7. The van der Waals surface area contributed by atoms with Crippen LogP contribution >= 0.6 is 0 Å². The van der Waals surface area contributed by atoms with Gasteiger partial charge >= 0.3 is 5.97 Å². The summed E-state index contributed by atoms with van der Waals surface area (Å²) >= 11 is 0. The lowest BCUT2D eigenvalue weighted by atomic mass is 9.79.